The van der Waals surface area contributed by atoms with Crippen LogP contribution in [-0.2, 0) is 0 Å². The first kappa shape index (κ1) is 15.3. The molecule has 0 radical (unpaired) electrons. The molecule has 0 saturated heterocycles. The van der Waals surface area contributed by atoms with Crippen LogP contribution in [0.4, 0.5) is 4.39 Å². The van der Waals surface area contributed by atoms with Crippen molar-refractivity contribution in [2.75, 3.05) is 6.61 Å². The largest absolute Gasteiger partial charge is 0.493 e. The van der Waals surface area contributed by atoms with Gasteiger partial charge in [-0.1, -0.05) is 43.8 Å². The molecule has 0 aliphatic rings. The van der Waals surface area contributed by atoms with Crippen LogP contribution in [0.2, 0.25) is 0 Å². The fraction of sp³-hybridized carbons (Fsp3) is 0.500. The Morgan fingerprint density at radius 1 is 1.32 bits per heavy atom. The number of amidine groups is 1. The van der Waals surface area contributed by atoms with Gasteiger partial charge in [-0.05, 0) is 18.6 Å². The number of nitrogens with two attached hydrogens (primary N) is 1. The molecule has 0 aromatic heterocycles. The van der Waals surface area contributed by atoms with Gasteiger partial charge in [-0.25, -0.2) is 4.39 Å². The molecule has 1 aromatic rings. The third-order valence-electron chi connectivity index (χ3n) is 2.84. The molecule has 3 N–H and O–H groups in total. The smallest absolute Gasteiger partial charge is 0.176 e. The summed E-state index contributed by atoms with van der Waals surface area (Å²) in [7, 11) is 0. The summed E-state index contributed by atoms with van der Waals surface area (Å²) in [5.41, 5.74) is 5.46. The van der Waals surface area contributed by atoms with Crippen molar-refractivity contribution in [2.45, 2.75) is 39.0 Å². The van der Waals surface area contributed by atoms with Crippen molar-refractivity contribution in [3.63, 3.8) is 0 Å². The first-order valence-electron chi connectivity index (χ1n) is 6.60. The minimum absolute atomic E-state index is 0.0126. The van der Waals surface area contributed by atoms with Crippen molar-refractivity contribution >= 4 is 5.84 Å². The van der Waals surface area contributed by atoms with Gasteiger partial charge in [0.15, 0.2) is 5.84 Å². The second-order valence-electron chi connectivity index (χ2n) is 4.36. The molecule has 0 amide bonds. The van der Waals surface area contributed by atoms with Crippen LogP contribution < -0.4 is 10.5 Å². The molecule has 0 saturated carbocycles. The van der Waals surface area contributed by atoms with E-state index in [-0.39, 0.29) is 11.4 Å². The van der Waals surface area contributed by atoms with Gasteiger partial charge in [0.05, 0.1) is 12.2 Å². The highest BCUT2D eigenvalue weighted by molar-refractivity contribution is 5.99. The van der Waals surface area contributed by atoms with Crippen molar-refractivity contribution in [1.29, 1.82) is 0 Å². The Bertz CT molecular complexity index is 422. The zero-order valence-electron chi connectivity index (χ0n) is 11.2. The van der Waals surface area contributed by atoms with Crippen LogP contribution in [0.25, 0.3) is 0 Å². The molecule has 1 rings (SSSR count). The molecule has 0 aliphatic heterocycles. The van der Waals surface area contributed by atoms with E-state index in [0.717, 1.165) is 12.8 Å². The van der Waals surface area contributed by atoms with Crippen molar-refractivity contribution in [1.82, 2.24) is 0 Å². The molecule has 0 unspecified atom stereocenters. The fourth-order valence-corrected chi connectivity index (χ4v) is 1.81. The van der Waals surface area contributed by atoms with Gasteiger partial charge in [-0.3, -0.25) is 0 Å². The molecule has 0 heterocycles. The van der Waals surface area contributed by atoms with Crippen molar-refractivity contribution in [2.24, 2.45) is 10.9 Å². The normalized spacial score (nSPS) is 11.6. The Balaban J connectivity index is 2.56. The lowest BCUT2D eigenvalue weighted by molar-refractivity contribution is 0.300. The van der Waals surface area contributed by atoms with Crippen LogP contribution in [0.5, 0.6) is 5.75 Å². The highest BCUT2D eigenvalue weighted by Gasteiger charge is 2.13. The molecule has 0 atom stereocenters. The lowest BCUT2D eigenvalue weighted by Crippen LogP contribution is -2.17. The van der Waals surface area contributed by atoms with Gasteiger partial charge >= 0.3 is 0 Å². The van der Waals surface area contributed by atoms with E-state index in [2.05, 4.69) is 12.1 Å². The summed E-state index contributed by atoms with van der Waals surface area (Å²) < 4.78 is 19.1. The quantitative estimate of drug-likeness (QED) is 0.250. The Morgan fingerprint density at radius 2 is 2.05 bits per heavy atom. The Labute approximate surface area is 113 Å². The lowest BCUT2D eigenvalue weighted by atomic mass is 10.1. The summed E-state index contributed by atoms with van der Waals surface area (Å²) in [6.45, 7) is 2.66. The molecule has 1 aromatic carbocycles. The maximum absolute atomic E-state index is 13.6. The second-order valence-corrected chi connectivity index (χ2v) is 4.36. The van der Waals surface area contributed by atoms with E-state index < -0.39 is 5.82 Å². The molecule has 19 heavy (non-hydrogen) atoms. The molecular weight excluding hydrogens is 247 g/mol. The minimum Gasteiger partial charge on any atom is -0.493 e. The lowest BCUT2D eigenvalue weighted by Gasteiger charge is -2.11. The summed E-state index contributed by atoms with van der Waals surface area (Å²) in [6.07, 6.45) is 5.58. The third kappa shape index (κ3) is 4.77. The number of unbranched alkanes of at least 4 members (excludes halogenated alkanes) is 4. The van der Waals surface area contributed by atoms with Crippen LogP contribution in [0.15, 0.2) is 23.4 Å². The highest BCUT2D eigenvalue weighted by Crippen LogP contribution is 2.21. The number of nitrogens with zero attached hydrogens (tertiary/aromatic N) is 1. The average Bonchev–Trinajstić information content (AvgIpc) is 2.42. The van der Waals surface area contributed by atoms with E-state index in [1.165, 1.54) is 31.4 Å². The zero-order chi connectivity index (χ0) is 14.1. The van der Waals surface area contributed by atoms with Crippen LogP contribution in [0, 0.1) is 5.82 Å². The first-order valence-corrected chi connectivity index (χ1v) is 6.60. The maximum atomic E-state index is 13.6. The molecule has 0 bridgehead atoms. The minimum atomic E-state index is -0.557. The highest BCUT2D eigenvalue weighted by atomic mass is 19.1. The molecule has 0 spiro atoms. The summed E-state index contributed by atoms with van der Waals surface area (Å²) in [5.74, 6) is -0.524. The zero-order valence-corrected chi connectivity index (χ0v) is 11.2. The van der Waals surface area contributed by atoms with E-state index in [4.69, 9.17) is 15.7 Å². The summed E-state index contributed by atoms with van der Waals surface area (Å²) >= 11 is 0. The van der Waals surface area contributed by atoms with E-state index in [1.807, 2.05) is 0 Å². The monoisotopic (exact) mass is 268 g/mol. The summed E-state index contributed by atoms with van der Waals surface area (Å²) in [4.78, 5) is 0. The first-order chi connectivity index (χ1) is 9.20. The number of hydrogen-bond acceptors (Lipinski definition) is 3. The number of halogens is 1. The second kappa shape index (κ2) is 8.34. The molecule has 0 aliphatic carbocycles. The van der Waals surface area contributed by atoms with Crippen molar-refractivity contribution in [3.05, 3.63) is 29.6 Å². The van der Waals surface area contributed by atoms with Gasteiger partial charge in [0, 0.05) is 0 Å². The van der Waals surface area contributed by atoms with Crippen LogP contribution in [-0.4, -0.2) is 17.6 Å². The molecule has 0 fully saturated rings. The fourth-order valence-electron chi connectivity index (χ4n) is 1.81. The van der Waals surface area contributed by atoms with Crippen molar-refractivity contribution < 1.29 is 14.3 Å². The predicted octanol–water partition coefficient (Wildman–Crippen LogP) is 3.27. The topological polar surface area (TPSA) is 67.8 Å². The average molecular weight is 268 g/mol. The number of benzene rings is 1. The van der Waals surface area contributed by atoms with Gasteiger partial charge < -0.3 is 15.7 Å². The van der Waals surface area contributed by atoms with Gasteiger partial charge in [0.1, 0.15) is 11.6 Å². The predicted molar refractivity (Wildman–Crippen MR) is 73.2 cm³/mol. The number of rotatable bonds is 8. The van der Waals surface area contributed by atoms with E-state index in [9.17, 15) is 4.39 Å². The molecule has 106 valence electrons. The van der Waals surface area contributed by atoms with Gasteiger partial charge in [-0.2, -0.15) is 0 Å². The van der Waals surface area contributed by atoms with Gasteiger partial charge in [0.25, 0.3) is 0 Å². The van der Waals surface area contributed by atoms with Crippen LogP contribution in [0.1, 0.15) is 44.6 Å². The van der Waals surface area contributed by atoms with Crippen molar-refractivity contribution in [3.8, 4) is 5.75 Å². The van der Waals surface area contributed by atoms with E-state index in [0.29, 0.717) is 12.4 Å². The summed E-state index contributed by atoms with van der Waals surface area (Å²) in [6, 6.07) is 4.40. The van der Waals surface area contributed by atoms with Gasteiger partial charge in [0.2, 0.25) is 0 Å². The molecule has 5 heteroatoms. The number of ether oxygens (including phenoxy) is 1. The van der Waals surface area contributed by atoms with Gasteiger partial charge in [-0.15, -0.1) is 0 Å². The maximum Gasteiger partial charge on any atom is 0.176 e. The molecule has 4 nitrogen and oxygen atoms in total. The Morgan fingerprint density at radius 3 is 2.74 bits per heavy atom. The molecular formula is C14H21FN2O2. The SMILES string of the molecule is CCCCCCCOc1cccc(F)c1C(N)=NO. The Kier molecular flexibility index (Phi) is 6.71. The Hall–Kier alpha value is -1.78. The number of hydrogen-bond donors (Lipinski definition) is 2. The van der Waals surface area contributed by atoms with Crippen LogP contribution >= 0.6 is 0 Å². The number of oxime groups is 1. The van der Waals surface area contributed by atoms with Crippen LogP contribution in [0.3, 0.4) is 0 Å². The van der Waals surface area contributed by atoms with E-state index >= 15 is 0 Å². The third-order valence-corrected chi connectivity index (χ3v) is 2.84. The summed E-state index contributed by atoms with van der Waals surface area (Å²) in [5, 5.41) is 11.5. The van der Waals surface area contributed by atoms with E-state index in [1.54, 1.807) is 6.07 Å². The standard InChI is InChI=1S/C14H21FN2O2/c1-2-3-4-5-6-10-19-12-9-7-8-11(15)13(12)14(16)17-18/h7-9,18H,2-6,10H2,1H3,(H2,16,17).